The first-order chi connectivity index (χ1) is 7.05. The summed E-state index contributed by atoms with van der Waals surface area (Å²) in [6, 6.07) is 0. The van der Waals surface area contributed by atoms with Gasteiger partial charge in [0, 0.05) is 6.54 Å². The number of nitrogens with one attached hydrogen (secondary N) is 2. The van der Waals surface area contributed by atoms with Crippen molar-refractivity contribution in [3.05, 3.63) is 0 Å². The summed E-state index contributed by atoms with van der Waals surface area (Å²) in [5, 5.41) is 11.1. The third kappa shape index (κ3) is 7.18. The maximum Gasteiger partial charge on any atom is 0.213 e. The number of sulfonamides is 1. The minimum atomic E-state index is -3.23. The van der Waals surface area contributed by atoms with Crippen LogP contribution >= 0.6 is 11.8 Å². The van der Waals surface area contributed by atoms with Gasteiger partial charge in [0.25, 0.3) is 0 Å². The van der Waals surface area contributed by atoms with Crippen LogP contribution in [0.4, 0.5) is 0 Å². The highest BCUT2D eigenvalue weighted by atomic mass is 32.2. The Morgan fingerprint density at radius 2 is 2.27 bits per heavy atom. The average molecular weight is 250 g/mol. The molecule has 0 aliphatic rings. The van der Waals surface area contributed by atoms with E-state index in [1.807, 2.05) is 0 Å². The fourth-order valence-electron chi connectivity index (χ4n) is 0.762. The van der Waals surface area contributed by atoms with Crippen molar-refractivity contribution in [1.82, 2.24) is 10.0 Å². The maximum absolute atomic E-state index is 11.2. The van der Waals surface area contributed by atoms with Crippen LogP contribution in [0.3, 0.4) is 0 Å². The van der Waals surface area contributed by atoms with E-state index in [2.05, 4.69) is 15.0 Å². The van der Waals surface area contributed by atoms with Gasteiger partial charge in [-0.05, 0) is 6.26 Å². The van der Waals surface area contributed by atoms with E-state index in [0.717, 1.165) is 0 Å². The summed E-state index contributed by atoms with van der Waals surface area (Å²) in [6.07, 6.45) is 3.48. The molecule has 86 valence electrons. The Balaban J connectivity index is 4.11. The second-order valence-electron chi connectivity index (χ2n) is 2.44. The predicted octanol–water partition coefficient (Wildman–Crippen LogP) is -0.285. The molecule has 0 fully saturated rings. The highest BCUT2D eigenvalue weighted by Gasteiger charge is 2.07. The molecule has 0 spiro atoms. The molecule has 15 heavy (non-hydrogen) atoms. The van der Waals surface area contributed by atoms with Crippen molar-refractivity contribution in [2.45, 2.75) is 6.92 Å². The zero-order valence-electron chi connectivity index (χ0n) is 8.65. The van der Waals surface area contributed by atoms with E-state index in [0.29, 0.717) is 11.7 Å². The lowest BCUT2D eigenvalue weighted by Gasteiger charge is -2.02. The third-order valence-electron chi connectivity index (χ3n) is 1.34. The zero-order chi connectivity index (χ0) is 11.7. The minimum absolute atomic E-state index is 0.0714. The number of hydrogen-bond donors (Lipinski definition) is 2. The number of hydrogen-bond acceptors (Lipinski definition) is 5. The first-order valence-electron chi connectivity index (χ1n) is 4.26. The van der Waals surface area contributed by atoms with Gasteiger partial charge in [0.05, 0.1) is 12.3 Å². The number of aliphatic imine (C=N–C) groups is 1. The molecule has 2 N–H and O–H groups in total. The quantitative estimate of drug-likeness (QED) is 0.303. The lowest BCUT2D eigenvalue weighted by molar-refractivity contribution is 0.584. The molecule has 0 aliphatic heterocycles. The molecule has 0 aromatic rings. The van der Waals surface area contributed by atoms with Gasteiger partial charge in [-0.2, -0.15) is 5.26 Å². The van der Waals surface area contributed by atoms with Crippen molar-refractivity contribution in [2.75, 3.05) is 25.1 Å². The fourth-order valence-corrected chi connectivity index (χ4v) is 2.05. The van der Waals surface area contributed by atoms with Crippen LogP contribution in [-0.2, 0) is 10.0 Å². The fraction of sp³-hybridized carbons (Fsp3) is 0.714. The van der Waals surface area contributed by atoms with E-state index in [9.17, 15) is 8.42 Å². The zero-order valence-corrected chi connectivity index (χ0v) is 10.3. The van der Waals surface area contributed by atoms with E-state index < -0.39 is 10.0 Å². The summed E-state index contributed by atoms with van der Waals surface area (Å²) in [4.78, 5) is 3.93. The number of rotatable bonds is 5. The van der Waals surface area contributed by atoms with Crippen molar-refractivity contribution in [3.8, 4) is 6.19 Å². The molecule has 0 atom stereocenters. The molecular formula is C7H14N4O2S2. The molecular weight excluding hydrogens is 236 g/mol. The Morgan fingerprint density at radius 3 is 2.73 bits per heavy atom. The lowest BCUT2D eigenvalue weighted by atomic mass is 10.8. The van der Waals surface area contributed by atoms with Gasteiger partial charge in [-0.25, -0.2) is 13.1 Å². The monoisotopic (exact) mass is 250 g/mol. The Bertz CT molecular complexity index is 344. The molecule has 0 aromatic carbocycles. The summed E-state index contributed by atoms with van der Waals surface area (Å²) in [7, 11) is -3.23. The molecule has 0 aromatic heterocycles. The normalized spacial score (nSPS) is 12.2. The van der Waals surface area contributed by atoms with Crippen LogP contribution in [0.15, 0.2) is 4.99 Å². The first-order valence-corrected chi connectivity index (χ1v) is 7.14. The summed E-state index contributed by atoms with van der Waals surface area (Å²) < 4.78 is 24.7. The Labute approximate surface area is 94.2 Å². The molecule has 0 radical (unpaired) electrons. The molecule has 0 saturated heterocycles. The topological polar surface area (TPSA) is 94.3 Å². The van der Waals surface area contributed by atoms with E-state index in [-0.39, 0.29) is 12.3 Å². The smallest absolute Gasteiger partial charge is 0.213 e. The maximum atomic E-state index is 11.2. The van der Waals surface area contributed by atoms with Crippen LogP contribution in [0.2, 0.25) is 0 Å². The van der Waals surface area contributed by atoms with Gasteiger partial charge in [-0.15, -0.1) is 0 Å². The molecule has 8 heteroatoms. The molecule has 6 nitrogen and oxygen atoms in total. The van der Waals surface area contributed by atoms with Gasteiger partial charge in [0.15, 0.2) is 11.4 Å². The van der Waals surface area contributed by atoms with Crippen LogP contribution in [0.25, 0.3) is 0 Å². The second-order valence-corrected chi connectivity index (χ2v) is 5.17. The Hall–Kier alpha value is -0.780. The number of amidine groups is 1. The summed E-state index contributed by atoms with van der Waals surface area (Å²) >= 11 is 1.26. The van der Waals surface area contributed by atoms with Crippen molar-refractivity contribution >= 4 is 27.0 Å². The van der Waals surface area contributed by atoms with Crippen LogP contribution in [0, 0.1) is 11.5 Å². The highest BCUT2D eigenvalue weighted by molar-refractivity contribution is 8.13. The standard InChI is InChI=1S/C7H14N4O2S2/c1-3-11-15(12,13)5-4-9-7(14-2)10-6-8/h11H,3-5H2,1-2H3,(H,9,10). The van der Waals surface area contributed by atoms with Crippen molar-refractivity contribution in [1.29, 1.82) is 5.26 Å². The van der Waals surface area contributed by atoms with E-state index in [1.165, 1.54) is 11.8 Å². The van der Waals surface area contributed by atoms with Gasteiger partial charge in [0.2, 0.25) is 10.0 Å². The second kappa shape index (κ2) is 7.50. The Morgan fingerprint density at radius 1 is 1.60 bits per heavy atom. The third-order valence-corrected chi connectivity index (χ3v) is 3.40. The van der Waals surface area contributed by atoms with E-state index >= 15 is 0 Å². The molecule has 0 amide bonds. The van der Waals surface area contributed by atoms with Crippen LogP contribution in [-0.4, -0.2) is 38.7 Å². The number of thioether (sulfide) groups is 1. The molecule has 0 heterocycles. The summed E-state index contributed by atoms with van der Waals surface area (Å²) in [5.41, 5.74) is 0. The average Bonchev–Trinajstić information content (AvgIpc) is 2.16. The molecule has 0 aliphatic carbocycles. The van der Waals surface area contributed by atoms with Crippen LogP contribution in [0.5, 0.6) is 0 Å². The molecule has 0 saturated carbocycles. The largest absolute Gasteiger partial charge is 0.272 e. The van der Waals surface area contributed by atoms with Crippen LogP contribution < -0.4 is 10.0 Å². The highest BCUT2D eigenvalue weighted by Crippen LogP contribution is 1.94. The molecule has 0 rings (SSSR count). The van der Waals surface area contributed by atoms with E-state index in [4.69, 9.17) is 5.26 Å². The van der Waals surface area contributed by atoms with Gasteiger partial charge >= 0.3 is 0 Å². The van der Waals surface area contributed by atoms with Gasteiger partial charge < -0.3 is 0 Å². The SMILES string of the molecule is CCNS(=O)(=O)CCN=C(NC#N)SC. The van der Waals surface area contributed by atoms with E-state index in [1.54, 1.807) is 19.4 Å². The summed E-state index contributed by atoms with van der Waals surface area (Å²) in [5.74, 6) is -0.0714. The van der Waals surface area contributed by atoms with Crippen molar-refractivity contribution in [3.63, 3.8) is 0 Å². The van der Waals surface area contributed by atoms with Crippen molar-refractivity contribution in [2.24, 2.45) is 4.99 Å². The molecule has 0 bridgehead atoms. The summed E-state index contributed by atoms with van der Waals surface area (Å²) in [6.45, 7) is 2.23. The number of nitrogens with zero attached hydrogens (tertiary/aromatic N) is 2. The first kappa shape index (κ1) is 14.2. The Kier molecular flexibility index (Phi) is 7.11. The van der Waals surface area contributed by atoms with Crippen molar-refractivity contribution < 1.29 is 8.42 Å². The molecule has 0 unspecified atom stereocenters. The van der Waals surface area contributed by atoms with Gasteiger partial charge in [-0.1, -0.05) is 18.7 Å². The lowest BCUT2D eigenvalue weighted by Crippen LogP contribution is -2.27. The van der Waals surface area contributed by atoms with Crippen LogP contribution in [0.1, 0.15) is 6.92 Å². The predicted molar refractivity (Wildman–Crippen MR) is 62.0 cm³/mol. The number of nitriles is 1. The minimum Gasteiger partial charge on any atom is -0.272 e. The van der Waals surface area contributed by atoms with Gasteiger partial charge in [0.1, 0.15) is 0 Å². The van der Waals surface area contributed by atoms with Gasteiger partial charge in [-0.3, -0.25) is 10.3 Å².